The van der Waals surface area contributed by atoms with Gasteiger partial charge in [0.1, 0.15) is 11.5 Å². The maximum Gasteiger partial charge on any atom is 0.340 e. The maximum atomic E-state index is 13.1. The molecule has 1 fully saturated rings. The summed E-state index contributed by atoms with van der Waals surface area (Å²) < 4.78 is 12.6. The molecule has 0 aliphatic carbocycles. The van der Waals surface area contributed by atoms with Crippen LogP contribution in [0.4, 0.5) is 17.1 Å². The SMILES string of the molecule is Cc1ccc(N2CCCCC2)cc1Nc1ccc2c(c1)C1(OC(=O)c3ccccc31)c1ccccc1O2. The molecule has 0 radical (unpaired) electrons. The number of piperidine rings is 1. The Balaban J connectivity index is 1.33. The van der Waals surface area contributed by atoms with E-state index in [1.54, 1.807) is 0 Å². The lowest BCUT2D eigenvalue weighted by Gasteiger charge is -2.36. The number of nitrogens with zero attached hydrogens (tertiary/aromatic N) is 1. The first kappa shape index (κ1) is 22.0. The number of fused-ring (bicyclic) bond motifs is 6. The fourth-order valence-electron chi connectivity index (χ4n) is 5.95. The number of esters is 1. The predicted octanol–water partition coefficient (Wildman–Crippen LogP) is 7.30. The first-order chi connectivity index (χ1) is 18.1. The quantitative estimate of drug-likeness (QED) is 0.307. The van der Waals surface area contributed by atoms with Crippen LogP contribution in [0.2, 0.25) is 0 Å². The molecule has 5 heteroatoms. The third kappa shape index (κ3) is 3.41. The van der Waals surface area contributed by atoms with E-state index < -0.39 is 5.60 Å². The average molecular weight is 489 g/mol. The molecule has 184 valence electrons. The van der Waals surface area contributed by atoms with E-state index in [2.05, 4.69) is 41.4 Å². The molecule has 4 aromatic rings. The fourth-order valence-corrected chi connectivity index (χ4v) is 5.95. The van der Waals surface area contributed by atoms with E-state index in [9.17, 15) is 4.79 Å². The van der Waals surface area contributed by atoms with Crippen molar-refractivity contribution in [2.24, 2.45) is 0 Å². The summed E-state index contributed by atoms with van der Waals surface area (Å²) >= 11 is 0. The number of rotatable bonds is 3. The minimum atomic E-state index is -1.06. The molecule has 1 atom stereocenters. The zero-order chi connectivity index (χ0) is 25.0. The van der Waals surface area contributed by atoms with Crippen LogP contribution < -0.4 is 15.0 Å². The van der Waals surface area contributed by atoms with Crippen molar-refractivity contribution in [1.82, 2.24) is 0 Å². The zero-order valence-electron chi connectivity index (χ0n) is 20.8. The van der Waals surface area contributed by atoms with Crippen molar-refractivity contribution in [2.75, 3.05) is 23.3 Å². The van der Waals surface area contributed by atoms with Gasteiger partial charge in [0.05, 0.1) is 5.56 Å². The molecule has 7 rings (SSSR count). The Bertz CT molecular complexity index is 1540. The molecule has 37 heavy (non-hydrogen) atoms. The summed E-state index contributed by atoms with van der Waals surface area (Å²) in [5.41, 5.74) is 6.44. The summed E-state index contributed by atoms with van der Waals surface area (Å²) in [6.45, 7) is 4.33. The van der Waals surface area contributed by atoms with Crippen LogP contribution in [0.3, 0.4) is 0 Å². The first-order valence-electron chi connectivity index (χ1n) is 13.0. The number of carbonyl (C=O) groups is 1. The molecule has 4 aromatic carbocycles. The lowest BCUT2D eigenvalue weighted by molar-refractivity contribution is 0.0224. The Labute approximate surface area is 216 Å². The van der Waals surface area contributed by atoms with Crippen molar-refractivity contribution in [1.29, 1.82) is 0 Å². The van der Waals surface area contributed by atoms with Crippen LogP contribution in [-0.4, -0.2) is 19.1 Å². The Kier molecular flexibility index (Phi) is 5.00. The van der Waals surface area contributed by atoms with Crippen LogP contribution in [0.15, 0.2) is 84.9 Å². The Morgan fingerprint density at radius 3 is 2.41 bits per heavy atom. The van der Waals surface area contributed by atoms with E-state index in [0.717, 1.165) is 41.2 Å². The molecular formula is C32H28N2O3. The molecule has 3 heterocycles. The number of ether oxygens (including phenoxy) is 2. The minimum Gasteiger partial charge on any atom is -0.456 e. The number of nitrogens with one attached hydrogen (secondary N) is 1. The third-order valence-electron chi connectivity index (χ3n) is 7.84. The summed E-state index contributed by atoms with van der Waals surface area (Å²) in [4.78, 5) is 15.6. The normalized spacial score (nSPS) is 19.5. The summed E-state index contributed by atoms with van der Waals surface area (Å²) in [6.07, 6.45) is 3.79. The number of aryl methyl sites for hydroxylation is 1. The van der Waals surface area contributed by atoms with Crippen molar-refractivity contribution < 1.29 is 14.3 Å². The van der Waals surface area contributed by atoms with Gasteiger partial charge in [-0.3, -0.25) is 0 Å². The highest BCUT2D eigenvalue weighted by Gasteiger charge is 2.53. The molecule has 0 bridgehead atoms. The lowest BCUT2D eigenvalue weighted by atomic mass is 9.77. The van der Waals surface area contributed by atoms with E-state index in [1.807, 2.05) is 60.7 Å². The average Bonchev–Trinajstić information content (AvgIpc) is 3.24. The Morgan fingerprint density at radius 1 is 0.784 bits per heavy atom. The minimum absolute atomic E-state index is 0.318. The number of carbonyl (C=O) groups excluding carboxylic acids is 1. The van der Waals surface area contributed by atoms with E-state index in [0.29, 0.717) is 17.1 Å². The van der Waals surface area contributed by atoms with Crippen molar-refractivity contribution >= 4 is 23.0 Å². The molecule has 3 aliphatic heterocycles. The van der Waals surface area contributed by atoms with Crippen molar-refractivity contribution in [2.45, 2.75) is 31.8 Å². The largest absolute Gasteiger partial charge is 0.456 e. The van der Waals surface area contributed by atoms with Gasteiger partial charge in [0.15, 0.2) is 5.60 Å². The first-order valence-corrected chi connectivity index (χ1v) is 13.0. The van der Waals surface area contributed by atoms with Gasteiger partial charge in [-0.2, -0.15) is 0 Å². The van der Waals surface area contributed by atoms with Crippen LogP contribution in [0.1, 0.15) is 51.9 Å². The lowest BCUT2D eigenvalue weighted by Crippen LogP contribution is -2.33. The third-order valence-corrected chi connectivity index (χ3v) is 7.84. The van der Waals surface area contributed by atoms with Crippen LogP contribution in [0.25, 0.3) is 0 Å². The number of benzene rings is 4. The molecule has 0 aromatic heterocycles. The smallest absolute Gasteiger partial charge is 0.340 e. The zero-order valence-corrected chi connectivity index (χ0v) is 20.8. The van der Waals surface area contributed by atoms with Gasteiger partial charge in [-0.1, -0.05) is 42.5 Å². The highest BCUT2D eigenvalue weighted by Crippen LogP contribution is 2.56. The van der Waals surface area contributed by atoms with E-state index >= 15 is 0 Å². The topological polar surface area (TPSA) is 50.8 Å². The summed E-state index contributed by atoms with van der Waals surface area (Å²) in [5.74, 6) is 1.07. The van der Waals surface area contributed by atoms with Gasteiger partial charge < -0.3 is 19.7 Å². The molecular weight excluding hydrogens is 460 g/mol. The van der Waals surface area contributed by atoms with Gasteiger partial charge in [0.2, 0.25) is 0 Å². The highest BCUT2D eigenvalue weighted by atomic mass is 16.6. The molecule has 1 saturated heterocycles. The van der Waals surface area contributed by atoms with Gasteiger partial charge in [0, 0.05) is 46.8 Å². The van der Waals surface area contributed by atoms with Gasteiger partial charge >= 0.3 is 5.97 Å². The molecule has 3 aliphatic rings. The maximum absolute atomic E-state index is 13.1. The van der Waals surface area contributed by atoms with Crippen LogP contribution in [-0.2, 0) is 10.3 Å². The summed E-state index contributed by atoms with van der Waals surface area (Å²) in [5, 5.41) is 3.64. The van der Waals surface area contributed by atoms with E-state index in [1.165, 1.54) is 30.5 Å². The second-order valence-corrected chi connectivity index (χ2v) is 10.1. The summed E-state index contributed by atoms with van der Waals surface area (Å²) in [6, 6.07) is 28.2. The van der Waals surface area contributed by atoms with Gasteiger partial charge in [-0.05, 0) is 74.2 Å². The monoisotopic (exact) mass is 488 g/mol. The summed E-state index contributed by atoms with van der Waals surface area (Å²) in [7, 11) is 0. The van der Waals surface area contributed by atoms with Crippen LogP contribution in [0, 0.1) is 6.92 Å². The van der Waals surface area contributed by atoms with Crippen molar-refractivity contribution in [3.8, 4) is 11.5 Å². The second-order valence-electron chi connectivity index (χ2n) is 10.1. The fraction of sp³-hybridized carbons (Fsp3) is 0.219. The Morgan fingerprint density at radius 2 is 1.54 bits per heavy atom. The number of para-hydroxylation sites is 1. The molecule has 0 amide bonds. The molecule has 0 saturated carbocycles. The van der Waals surface area contributed by atoms with E-state index in [4.69, 9.17) is 9.47 Å². The molecule has 1 spiro atoms. The number of anilines is 3. The number of hydrogen-bond acceptors (Lipinski definition) is 5. The van der Waals surface area contributed by atoms with Crippen LogP contribution >= 0.6 is 0 Å². The Hall–Kier alpha value is -4.25. The van der Waals surface area contributed by atoms with Crippen molar-refractivity contribution in [3.05, 3.63) is 113 Å². The molecule has 1 unspecified atom stereocenters. The highest BCUT2D eigenvalue weighted by molar-refractivity contribution is 5.97. The van der Waals surface area contributed by atoms with Gasteiger partial charge in [0.25, 0.3) is 0 Å². The van der Waals surface area contributed by atoms with Crippen LogP contribution in [0.5, 0.6) is 11.5 Å². The molecule has 5 nitrogen and oxygen atoms in total. The molecule has 1 N–H and O–H groups in total. The van der Waals surface area contributed by atoms with E-state index in [-0.39, 0.29) is 5.97 Å². The standard InChI is InChI=1S/C32H28N2O3/c1-21-13-15-23(34-17-7-2-8-18-34)20-28(21)33-22-14-16-30-27(19-22)32(26-11-5-6-12-29(26)36-30)25-10-4-3-9-24(25)31(35)37-32/h3-6,9-16,19-20,33H,2,7-8,17-18H2,1H3. The van der Waals surface area contributed by atoms with Gasteiger partial charge in [-0.15, -0.1) is 0 Å². The second kappa shape index (κ2) is 8.41. The predicted molar refractivity (Wildman–Crippen MR) is 145 cm³/mol. The van der Waals surface area contributed by atoms with Crippen molar-refractivity contribution in [3.63, 3.8) is 0 Å². The van der Waals surface area contributed by atoms with Gasteiger partial charge in [-0.25, -0.2) is 4.79 Å². The number of hydrogen-bond donors (Lipinski definition) is 1.